The summed E-state index contributed by atoms with van der Waals surface area (Å²) in [6.45, 7) is 8.07. The van der Waals surface area contributed by atoms with Crippen LogP contribution in [0.3, 0.4) is 0 Å². The van der Waals surface area contributed by atoms with E-state index in [1.54, 1.807) is 0 Å². The van der Waals surface area contributed by atoms with Crippen LogP contribution in [0.1, 0.15) is 58.9 Å². The molecule has 2 heterocycles. The third-order valence-corrected chi connectivity index (χ3v) is 10.1. The number of fused-ring (bicyclic) bond motifs is 3. The van der Waals surface area contributed by atoms with Gasteiger partial charge in [0.05, 0.1) is 5.76 Å². The maximum absolute atomic E-state index is 15.4. The SMILES string of the molecule is CCC(CC)C(=O)/C=C(\O)C(CC)CC.Fc1c2ccccc2c(C(F)(F)F)c2ccnc(-c3[c-]c4ccccc4[se]3)c12.[Ir]. The van der Waals surface area contributed by atoms with Gasteiger partial charge >= 0.3 is 163 Å². The maximum atomic E-state index is 15.4. The summed E-state index contributed by atoms with van der Waals surface area (Å²) in [5.74, 6) is -0.131. The number of ketones is 1. The van der Waals surface area contributed by atoms with Crippen molar-refractivity contribution in [2.75, 3.05) is 0 Å². The van der Waals surface area contributed by atoms with Crippen LogP contribution >= 0.6 is 0 Å². The second-order valence-electron chi connectivity index (χ2n) is 10.4. The Bertz CT molecular complexity index is 1740. The van der Waals surface area contributed by atoms with Crippen molar-refractivity contribution in [3.63, 3.8) is 0 Å². The quantitative estimate of drug-likeness (QED) is 0.0423. The zero-order chi connectivity index (χ0) is 31.3. The zero-order valence-corrected chi connectivity index (χ0v) is 29.0. The Morgan fingerprint density at radius 1 is 0.909 bits per heavy atom. The Kier molecular flexibility index (Phi) is 12.5. The van der Waals surface area contributed by atoms with E-state index in [0.29, 0.717) is 4.44 Å². The molecule has 235 valence electrons. The molecule has 0 aliphatic carbocycles. The van der Waals surface area contributed by atoms with Crippen molar-refractivity contribution < 1.29 is 47.6 Å². The first-order chi connectivity index (χ1) is 20.5. The molecule has 0 aliphatic rings. The molecule has 0 amide bonds. The number of hydrogen-bond donors (Lipinski definition) is 1. The minimum absolute atomic E-state index is 0. The number of rotatable bonds is 8. The average Bonchev–Trinajstić information content (AvgIpc) is 3.42. The average molecular weight is 848 g/mol. The van der Waals surface area contributed by atoms with Crippen molar-refractivity contribution in [2.24, 2.45) is 11.8 Å². The summed E-state index contributed by atoms with van der Waals surface area (Å²) in [5, 5.41) is 10.2. The van der Waals surface area contributed by atoms with Crippen LogP contribution in [-0.2, 0) is 31.1 Å². The van der Waals surface area contributed by atoms with Crippen molar-refractivity contribution >= 4 is 51.5 Å². The van der Waals surface area contributed by atoms with Crippen LogP contribution in [0.25, 0.3) is 41.3 Å². The first-order valence-corrected chi connectivity index (χ1v) is 16.2. The standard InChI is InChI=1S/C22H10F4NSe.C13H24O2.Ir/c23-20-14-7-3-2-6-13(14)19(22(24,25)26)15-9-10-27-21(18(15)20)17-11-12-5-1-4-8-16(12)28-17;1-5-10(6-2)12(14)9-13(15)11(7-3)8-4;/h1-10H;9-11,14H,5-8H2,1-4H3;/q-1;;/b;12-9-;. The largest absolute Gasteiger partial charge is 0 e. The van der Waals surface area contributed by atoms with Gasteiger partial charge in [0, 0.05) is 38.0 Å². The molecular formula is C35H34F4IrNO2Se-. The third-order valence-electron chi connectivity index (χ3n) is 7.80. The van der Waals surface area contributed by atoms with E-state index in [-0.39, 0.29) is 85.2 Å². The molecule has 0 atom stereocenters. The van der Waals surface area contributed by atoms with Crippen LogP contribution in [0, 0.1) is 23.7 Å². The number of aromatic nitrogens is 1. The Balaban J connectivity index is 0.000000286. The molecule has 1 N–H and O–H groups in total. The van der Waals surface area contributed by atoms with Crippen LogP contribution in [0.2, 0.25) is 0 Å². The van der Waals surface area contributed by atoms with E-state index in [2.05, 4.69) is 11.1 Å². The molecule has 0 saturated heterocycles. The maximum Gasteiger partial charge on any atom is 0 e. The minimum Gasteiger partial charge on any atom is 0 e. The summed E-state index contributed by atoms with van der Waals surface area (Å²) < 4.78 is 59.0. The summed E-state index contributed by atoms with van der Waals surface area (Å²) in [7, 11) is 0. The van der Waals surface area contributed by atoms with Gasteiger partial charge in [-0.05, 0) is 25.7 Å². The van der Waals surface area contributed by atoms with Gasteiger partial charge in [0.1, 0.15) is 0 Å². The van der Waals surface area contributed by atoms with E-state index in [0.717, 1.165) is 35.3 Å². The first kappa shape index (κ1) is 35.6. The topological polar surface area (TPSA) is 50.2 Å². The molecule has 0 fully saturated rings. The molecular weight excluding hydrogens is 814 g/mol. The molecule has 0 saturated carbocycles. The number of halogens is 4. The van der Waals surface area contributed by atoms with Gasteiger partial charge in [0.25, 0.3) is 0 Å². The van der Waals surface area contributed by atoms with E-state index in [1.165, 1.54) is 42.6 Å². The van der Waals surface area contributed by atoms with Crippen molar-refractivity contribution in [2.45, 2.75) is 59.6 Å². The first-order valence-electron chi connectivity index (χ1n) is 14.5. The predicted molar refractivity (Wildman–Crippen MR) is 167 cm³/mol. The molecule has 1 radical (unpaired) electrons. The monoisotopic (exact) mass is 849 g/mol. The van der Waals surface area contributed by atoms with E-state index >= 15 is 4.39 Å². The summed E-state index contributed by atoms with van der Waals surface area (Å²) >= 11 is -0.200. The number of pyridine rings is 1. The molecule has 2 aromatic heterocycles. The summed E-state index contributed by atoms with van der Waals surface area (Å²) in [6.07, 6.45) is 1.60. The van der Waals surface area contributed by atoms with Gasteiger partial charge in [-0.2, -0.15) is 0 Å². The third kappa shape index (κ3) is 7.51. The van der Waals surface area contributed by atoms with Crippen LogP contribution in [0.15, 0.2) is 72.6 Å². The summed E-state index contributed by atoms with van der Waals surface area (Å²) in [5.41, 5.74) is -0.589. The number of aliphatic hydroxyl groups is 1. The van der Waals surface area contributed by atoms with Crippen molar-refractivity contribution in [3.05, 3.63) is 90.1 Å². The van der Waals surface area contributed by atoms with Crippen molar-refractivity contribution in [3.8, 4) is 10.1 Å². The number of hydrogen-bond acceptors (Lipinski definition) is 3. The Morgan fingerprint density at radius 3 is 2.09 bits per heavy atom. The van der Waals surface area contributed by atoms with Gasteiger partial charge in [-0.25, -0.2) is 0 Å². The van der Waals surface area contributed by atoms with E-state index in [1.807, 2.05) is 52.0 Å². The predicted octanol–water partition coefficient (Wildman–Crippen LogP) is 10.1. The van der Waals surface area contributed by atoms with Gasteiger partial charge in [0.15, 0.2) is 5.78 Å². The van der Waals surface area contributed by atoms with Gasteiger partial charge in [0.2, 0.25) is 0 Å². The number of benzene rings is 3. The molecule has 0 aliphatic heterocycles. The number of carbonyl (C=O) groups is 1. The summed E-state index contributed by atoms with van der Waals surface area (Å²) in [6, 6.07) is 17.8. The molecule has 0 spiro atoms. The molecule has 3 aromatic carbocycles. The Morgan fingerprint density at radius 2 is 1.50 bits per heavy atom. The minimum atomic E-state index is -4.62. The number of allylic oxidation sites excluding steroid dienone is 2. The second kappa shape index (κ2) is 15.4. The fourth-order valence-electron chi connectivity index (χ4n) is 5.35. The van der Waals surface area contributed by atoms with Crippen molar-refractivity contribution in [1.29, 1.82) is 0 Å². The van der Waals surface area contributed by atoms with Gasteiger partial charge in [-0.15, -0.1) is 0 Å². The van der Waals surface area contributed by atoms with E-state index in [4.69, 9.17) is 0 Å². The smallest absolute Gasteiger partial charge is 0 e. The number of carbonyl (C=O) groups excluding carboxylic acids is 1. The fourth-order valence-corrected chi connectivity index (χ4v) is 7.46. The van der Waals surface area contributed by atoms with Crippen LogP contribution < -0.4 is 0 Å². The number of aliphatic hydroxyl groups excluding tert-OH is 1. The molecule has 0 bridgehead atoms. The molecule has 3 nitrogen and oxygen atoms in total. The van der Waals surface area contributed by atoms with Crippen molar-refractivity contribution in [1.82, 2.24) is 4.98 Å². The number of alkyl halides is 3. The van der Waals surface area contributed by atoms with Crippen LogP contribution in [0.5, 0.6) is 0 Å². The molecule has 0 unspecified atom stereocenters. The molecule has 44 heavy (non-hydrogen) atoms. The number of nitrogens with zero attached hydrogens (tertiary/aromatic N) is 1. The second-order valence-corrected chi connectivity index (χ2v) is 12.6. The molecule has 9 heteroatoms. The van der Waals surface area contributed by atoms with Gasteiger partial charge in [-0.1, -0.05) is 27.7 Å². The summed E-state index contributed by atoms with van der Waals surface area (Å²) in [4.78, 5) is 16.0. The normalized spacial score (nSPS) is 12.1. The van der Waals surface area contributed by atoms with Crippen LogP contribution in [0.4, 0.5) is 17.6 Å². The van der Waals surface area contributed by atoms with Gasteiger partial charge < -0.3 is 5.11 Å². The molecule has 5 rings (SSSR count). The Labute approximate surface area is 274 Å². The van der Waals surface area contributed by atoms with E-state index < -0.39 is 17.6 Å². The fraction of sp³-hybridized carbons (Fsp3) is 0.314. The van der Waals surface area contributed by atoms with Gasteiger partial charge in [-0.3, -0.25) is 4.79 Å². The van der Waals surface area contributed by atoms with E-state index in [9.17, 15) is 23.1 Å². The Hall–Kier alpha value is -2.83. The zero-order valence-electron chi connectivity index (χ0n) is 24.9. The molecule has 5 aromatic rings. The van der Waals surface area contributed by atoms with Crippen LogP contribution in [-0.4, -0.2) is 30.4 Å².